The van der Waals surface area contributed by atoms with Crippen LogP contribution >= 0.6 is 11.6 Å². The zero-order chi connectivity index (χ0) is 65.6. The van der Waals surface area contributed by atoms with E-state index in [0.29, 0.717) is 105 Å². The summed E-state index contributed by atoms with van der Waals surface area (Å²) in [5.74, 6) is -0.833. The van der Waals surface area contributed by atoms with Gasteiger partial charge in [-0.2, -0.15) is 0 Å². The van der Waals surface area contributed by atoms with Gasteiger partial charge < -0.3 is 29.2 Å². The lowest BCUT2D eigenvalue weighted by Crippen LogP contribution is -2.48. The van der Waals surface area contributed by atoms with Crippen LogP contribution < -0.4 is 10.3 Å². The van der Waals surface area contributed by atoms with Gasteiger partial charge in [-0.3, -0.25) is 39.3 Å². The number of nitrogens with zero attached hydrogens (tertiary/aromatic N) is 9. The number of aryl methyl sites for hydroxylation is 1. The number of aromatic hydroxyl groups is 1. The molecule has 482 valence electrons. The number of pyridine rings is 6. The van der Waals surface area contributed by atoms with E-state index < -0.39 is 23.0 Å². The van der Waals surface area contributed by atoms with Gasteiger partial charge >= 0.3 is 11.9 Å². The van der Waals surface area contributed by atoms with Crippen LogP contribution in [-0.2, 0) is 97.1 Å². The second-order valence-corrected chi connectivity index (χ2v) is 25.5. The number of rotatable bonds is 23. The Balaban J connectivity index is 0.805. The first-order chi connectivity index (χ1) is 46.2. The lowest BCUT2D eigenvalue weighted by molar-refractivity contribution is -0.172. The molecule has 0 saturated heterocycles. The van der Waals surface area contributed by atoms with Crippen LogP contribution in [-0.4, -0.2) is 78.8 Å². The molecular formula is C77H74ClN9O8. The number of amides is 1. The van der Waals surface area contributed by atoms with Crippen LogP contribution in [0.4, 0.5) is 0 Å². The summed E-state index contributed by atoms with van der Waals surface area (Å²) in [5.41, 5.74) is 8.91. The van der Waals surface area contributed by atoms with Crippen molar-refractivity contribution in [3.05, 3.63) is 276 Å². The first kappa shape index (κ1) is 64.0. The first-order valence-electron chi connectivity index (χ1n) is 32.6. The number of halogens is 1. The van der Waals surface area contributed by atoms with Gasteiger partial charge in [-0.15, -0.1) is 0 Å². The number of ether oxygens (including phenoxy) is 2. The van der Waals surface area contributed by atoms with Crippen molar-refractivity contribution in [3.63, 3.8) is 0 Å². The largest absolute Gasteiger partial charge is 0.507 e. The Labute approximate surface area is 556 Å². The van der Waals surface area contributed by atoms with Crippen LogP contribution in [0.25, 0.3) is 22.3 Å². The van der Waals surface area contributed by atoms with Gasteiger partial charge in [0.1, 0.15) is 18.1 Å². The van der Waals surface area contributed by atoms with Crippen molar-refractivity contribution in [1.29, 1.82) is 0 Å². The smallest absolute Gasteiger partial charge is 0.343 e. The quantitative estimate of drug-likeness (QED) is 0.0451. The summed E-state index contributed by atoms with van der Waals surface area (Å²) in [6, 6.07) is 49.6. The molecular weight excluding hydrogens is 1210 g/mol. The predicted octanol–water partition coefficient (Wildman–Crippen LogP) is 12.7. The molecule has 8 heterocycles. The number of esters is 2. The summed E-state index contributed by atoms with van der Waals surface area (Å²) >= 11 is 6.52. The van der Waals surface area contributed by atoms with Crippen molar-refractivity contribution in [1.82, 2.24) is 44.2 Å². The van der Waals surface area contributed by atoms with Crippen LogP contribution in [0.3, 0.4) is 0 Å². The third-order valence-electron chi connectivity index (χ3n) is 18.9. The average Bonchev–Trinajstić information content (AvgIpc) is 1.53. The maximum Gasteiger partial charge on any atom is 0.343 e. The number of aromatic nitrogens is 6. The Bertz CT molecular complexity index is 4310. The number of carbonyl (C=O) groups is 3. The van der Waals surface area contributed by atoms with Crippen molar-refractivity contribution >= 4 is 40.3 Å². The number of fused-ring (bicyclic) bond motifs is 5. The SMILES string of the molecule is CCc1c2c(nc3ccc(OC(=O)c4ccc(CN(CCc5cc(CN(Cc6ccccn6)Cc6ccccn6)c(O)c(CN(Cc6ccccn6)Cc6ccccn6)c5)C(=O)C5(c6ccc(Cl)cc6)CCCCC5)cc4)cc13)-c1cc3c(c(=O)n1C2)COC(=O)C3(O)CC. The molecule has 2 N–H and O–H groups in total. The fourth-order valence-electron chi connectivity index (χ4n) is 14.0. The number of benzene rings is 4. The fourth-order valence-corrected chi connectivity index (χ4v) is 14.2. The number of hydrogen-bond donors (Lipinski definition) is 2. The molecule has 95 heavy (non-hydrogen) atoms. The van der Waals surface area contributed by atoms with E-state index in [2.05, 4.69) is 21.9 Å². The third-order valence-corrected chi connectivity index (χ3v) is 19.2. The van der Waals surface area contributed by atoms with Gasteiger partial charge in [-0.1, -0.05) is 105 Å². The van der Waals surface area contributed by atoms with E-state index >= 15 is 4.79 Å². The second kappa shape index (κ2) is 28.0. The summed E-state index contributed by atoms with van der Waals surface area (Å²) in [6.07, 6.45) is 12.4. The molecule has 1 amide bonds. The molecule has 1 atom stereocenters. The summed E-state index contributed by atoms with van der Waals surface area (Å²) in [4.78, 5) is 87.2. The number of hydrogen-bond acceptors (Lipinski definition) is 15. The number of phenolic OH excluding ortho intramolecular Hbond substituents is 1. The molecule has 4 aromatic carbocycles. The zero-order valence-corrected chi connectivity index (χ0v) is 54.1. The molecule has 1 saturated carbocycles. The van der Waals surface area contributed by atoms with Crippen LogP contribution in [0.1, 0.15) is 136 Å². The molecule has 1 aliphatic carbocycles. The Kier molecular flexibility index (Phi) is 18.9. The van der Waals surface area contributed by atoms with Crippen molar-refractivity contribution in [2.24, 2.45) is 0 Å². The van der Waals surface area contributed by atoms with Crippen LogP contribution in [0.15, 0.2) is 187 Å². The first-order valence-corrected chi connectivity index (χ1v) is 33.0. The van der Waals surface area contributed by atoms with E-state index in [9.17, 15) is 24.6 Å². The van der Waals surface area contributed by atoms with E-state index in [4.69, 9.17) is 46.0 Å². The van der Waals surface area contributed by atoms with Crippen molar-refractivity contribution < 1.29 is 34.1 Å². The van der Waals surface area contributed by atoms with Crippen molar-refractivity contribution in [2.75, 3.05) is 6.54 Å². The molecule has 3 aliphatic rings. The van der Waals surface area contributed by atoms with Crippen molar-refractivity contribution in [2.45, 2.75) is 135 Å². The highest BCUT2D eigenvalue weighted by Crippen LogP contribution is 2.44. The van der Waals surface area contributed by atoms with Gasteiger partial charge in [0.2, 0.25) is 5.91 Å². The highest BCUT2D eigenvalue weighted by atomic mass is 35.5. The van der Waals surface area contributed by atoms with Crippen molar-refractivity contribution in [3.8, 4) is 22.9 Å². The van der Waals surface area contributed by atoms with Crippen LogP contribution in [0.2, 0.25) is 5.02 Å². The van der Waals surface area contributed by atoms with E-state index in [1.807, 2.05) is 121 Å². The monoisotopic (exact) mass is 1290 g/mol. The average molecular weight is 1290 g/mol. The minimum atomic E-state index is -1.95. The summed E-state index contributed by atoms with van der Waals surface area (Å²) in [7, 11) is 0. The molecule has 1 fully saturated rings. The molecule has 18 heteroatoms. The van der Waals surface area contributed by atoms with E-state index in [0.717, 1.165) is 86.4 Å². The number of cyclic esters (lactones) is 1. The highest BCUT2D eigenvalue weighted by molar-refractivity contribution is 6.30. The van der Waals surface area contributed by atoms with E-state index in [-0.39, 0.29) is 54.5 Å². The predicted molar refractivity (Wildman–Crippen MR) is 362 cm³/mol. The molecule has 1 unspecified atom stereocenters. The van der Waals surface area contributed by atoms with Gasteiger partial charge in [-0.25, -0.2) is 14.6 Å². The van der Waals surface area contributed by atoms with Gasteiger partial charge in [0.05, 0.1) is 62.8 Å². The summed E-state index contributed by atoms with van der Waals surface area (Å²) in [5, 5.41) is 25.5. The van der Waals surface area contributed by atoms with Crippen LogP contribution in [0, 0.1) is 0 Å². The molecule has 13 rings (SSSR count). The Morgan fingerprint density at radius 2 is 1.23 bits per heavy atom. The van der Waals surface area contributed by atoms with Gasteiger partial charge in [0, 0.05) is 110 Å². The Morgan fingerprint density at radius 1 is 0.653 bits per heavy atom. The maximum absolute atomic E-state index is 16.0. The summed E-state index contributed by atoms with van der Waals surface area (Å²) < 4.78 is 13.0. The maximum atomic E-state index is 16.0. The van der Waals surface area contributed by atoms with Gasteiger partial charge in [0.15, 0.2) is 5.60 Å². The van der Waals surface area contributed by atoms with E-state index in [1.54, 1.807) is 72.7 Å². The topological polar surface area (TPSA) is 206 Å². The lowest BCUT2D eigenvalue weighted by Gasteiger charge is -2.40. The molecule has 2 aliphatic heterocycles. The standard InChI is InChI=1S/C77H74ClN9O8/c1-3-63-64-40-62(28-29-68(64)83-70-65(63)49-87-69(70)41-67-66(72(87)89)50-94-75(92)77(67,93)4-2)95-73(90)53-22-20-51(21-23-53)42-86(74(91)76(31-10-5-11-32-76)56-24-26-57(78)27-25-56)37-30-52-38-54(43-84(45-58-16-6-12-33-79-58)46-59-17-7-13-34-80-59)71(88)55(39-52)44-85(47-60-18-8-14-35-81-60)48-61-19-9-15-36-82-61/h6-9,12-29,33-36,38-41,88,93H,3-5,10-11,30-32,37,42-50H2,1-2H3. The molecule has 0 bridgehead atoms. The van der Waals surface area contributed by atoms with Crippen LogP contribution in [0.5, 0.6) is 11.5 Å². The Morgan fingerprint density at radius 3 is 1.77 bits per heavy atom. The molecule has 0 spiro atoms. The third kappa shape index (κ3) is 13.7. The molecule has 0 radical (unpaired) electrons. The minimum Gasteiger partial charge on any atom is -0.507 e. The van der Waals surface area contributed by atoms with Gasteiger partial charge in [0.25, 0.3) is 5.56 Å². The normalized spacial score (nSPS) is 15.5. The van der Waals surface area contributed by atoms with E-state index in [1.165, 1.54) is 0 Å². The number of carbonyl (C=O) groups excluding carboxylic acids is 3. The summed E-state index contributed by atoms with van der Waals surface area (Å²) in [6.45, 7) is 7.01. The minimum absolute atomic E-state index is 0.0174. The van der Waals surface area contributed by atoms with Gasteiger partial charge in [-0.05, 0) is 151 Å². The Hall–Kier alpha value is -9.78. The number of phenols is 1. The fraction of sp³-hybridized carbons (Fsp3) is 0.286. The highest BCUT2D eigenvalue weighted by Gasteiger charge is 2.46. The molecule has 10 aromatic rings. The molecule has 17 nitrogen and oxygen atoms in total. The lowest BCUT2D eigenvalue weighted by atomic mass is 9.68. The zero-order valence-electron chi connectivity index (χ0n) is 53.3. The molecule has 6 aromatic heterocycles. The second-order valence-electron chi connectivity index (χ2n) is 25.1. The number of aliphatic hydroxyl groups is 1.